The molecule has 0 aliphatic rings. The average Bonchev–Trinajstić information content (AvgIpc) is 2.93. The topological polar surface area (TPSA) is 87.6 Å². The van der Waals surface area contributed by atoms with Gasteiger partial charge in [0.15, 0.2) is 5.82 Å². The lowest BCUT2D eigenvalue weighted by molar-refractivity contribution is 0.475. The van der Waals surface area contributed by atoms with Crippen LogP contribution in [-0.2, 0) is 13.0 Å². The van der Waals surface area contributed by atoms with Crippen LogP contribution in [-0.4, -0.2) is 25.3 Å². The Balaban J connectivity index is 2.20. The maximum Gasteiger partial charge on any atom is 0.152 e. The third kappa shape index (κ3) is 3.80. The van der Waals surface area contributed by atoms with E-state index < -0.39 is 0 Å². The van der Waals surface area contributed by atoms with Gasteiger partial charge in [0.2, 0.25) is 0 Å². The van der Waals surface area contributed by atoms with E-state index >= 15 is 0 Å². The molecule has 0 bridgehead atoms. The number of rotatable bonds is 5. The Labute approximate surface area is 123 Å². The Morgan fingerprint density at radius 1 is 1.33 bits per heavy atom. The van der Waals surface area contributed by atoms with E-state index in [1.54, 1.807) is 23.7 Å². The highest BCUT2D eigenvalue weighted by Crippen LogP contribution is 2.21. The SMILES string of the molecule is CC#CC(Cc1nnnn1CCC#N)c1ccc(O)cc1. The lowest BCUT2D eigenvalue weighted by Crippen LogP contribution is -2.10. The van der Waals surface area contributed by atoms with E-state index in [1.807, 2.05) is 12.1 Å². The lowest BCUT2D eigenvalue weighted by Gasteiger charge is -2.11. The number of tetrazole rings is 1. The van der Waals surface area contributed by atoms with Gasteiger partial charge in [-0.25, -0.2) is 4.68 Å². The van der Waals surface area contributed by atoms with Crippen molar-refractivity contribution < 1.29 is 5.11 Å². The molecule has 21 heavy (non-hydrogen) atoms. The van der Waals surface area contributed by atoms with Gasteiger partial charge in [-0.15, -0.1) is 11.0 Å². The fourth-order valence-electron chi connectivity index (χ4n) is 2.01. The van der Waals surface area contributed by atoms with Gasteiger partial charge in [-0.05, 0) is 35.0 Å². The number of phenols is 1. The second-order valence-electron chi connectivity index (χ2n) is 4.47. The number of nitrogens with zero attached hydrogens (tertiary/aromatic N) is 5. The molecule has 0 aliphatic carbocycles. The van der Waals surface area contributed by atoms with Gasteiger partial charge >= 0.3 is 0 Å². The van der Waals surface area contributed by atoms with Gasteiger partial charge in [-0.3, -0.25) is 0 Å². The molecule has 2 aromatic rings. The van der Waals surface area contributed by atoms with Gasteiger partial charge in [0.25, 0.3) is 0 Å². The van der Waals surface area contributed by atoms with Crippen molar-refractivity contribution in [2.24, 2.45) is 0 Å². The summed E-state index contributed by atoms with van der Waals surface area (Å²) in [6, 6.07) is 9.03. The van der Waals surface area contributed by atoms with Crippen molar-refractivity contribution in [2.45, 2.75) is 32.2 Å². The Bertz CT molecular complexity index is 687. The second kappa shape index (κ2) is 7.06. The summed E-state index contributed by atoms with van der Waals surface area (Å²) in [5.74, 6) is 6.92. The molecule has 0 fully saturated rings. The fourth-order valence-corrected chi connectivity index (χ4v) is 2.01. The molecular weight excluding hydrogens is 266 g/mol. The fraction of sp³-hybridized carbons (Fsp3) is 0.333. The third-order valence-electron chi connectivity index (χ3n) is 3.04. The number of benzene rings is 1. The first-order valence-electron chi connectivity index (χ1n) is 6.57. The van der Waals surface area contributed by atoms with Crippen LogP contribution in [0.5, 0.6) is 5.75 Å². The molecule has 0 saturated heterocycles. The van der Waals surface area contributed by atoms with Gasteiger partial charge in [0.05, 0.1) is 25.0 Å². The number of phenolic OH excluding ortho intramolecular Hbond substituents is 1. The van der Waals surface area contributed by atoms with Crippen molar-refractivity contribution in [1.82, 2.24) is 20.2 Å². The van der Waals surface area contributed by atoms with Crippen LogP contribution in [0.25, 0.3) is 0 Å². The van der Waals surface area contributed by atoms with Crippen LogP contribution in [0.15, 0.2) is 24.3 Å². The van der Waals surface area contributed by atoms with Gasteiger partial charge in [-0.1, -0.05) is 18.1 Å². The van der Waals surface area contributed by atoms with Gasteiger partial charge in [0.1, 0.15) is 5.75 Å². The summed E-state index contributed by atoms with van der Waals surface area (Å²) in [6.45, 7) is 2.26. The van der Waals surface area contributed by atoms with Crippen LogP contribution < -0.4 is 0 Å². The molecule has 6 heteroatoms. The van der Waals surface area contributed by atoms with Crippen LogP contribution >= 0.6 is 0 Å². The second-order valence-corrected chi connectivity index (χ2v) is 4.47. The van der Waals surface area contributed by atoms with Crippen LogP contribution in [0.1, 0.15) is 30.7 Å². The van der Waals surface area contributed by atoms with Crippen molar-refractivity contribution in [2.75, 3.05) is 0 Å². The molecule has 0 amide bonds. The number of aromatic nitrogens is 4. The van der Waals surface area contributed by atoms with E-state index in [9.17, 15) is 5.11 Å². The van der Waals surface area contributed by atoms with Crippen molar-refractivity contribution in [3.8, 4) is 23.7 Å². The van der Waals surface area contributed by atoms with Gasteiger partial charge in [0, 0.05) is 6.42 Å². The van der Waals surface area contributed by atoms with Crippen molar-refractivity contribution in [3.63, 3.8) is 0 Å². The molecule has 106 valence electrons. The molecule has 1 aromatic carbocycles. The average molecular weight is 281 g/mol. The number of nitriles is 1. The Morgan fingerprint density at radius 3 is 2.76 bits per heavy atom. The van der Waals surface area contributed by atoms with E-state index in [-0.39, 0.29) is 11.7 Å². The predicted octanol–water partition coefficient (Wildman–Crippen LogP) is 1.64. The molecule has 6 nitrogen and oxygen atoms in total. The summed E-state index contributed by atoms with van der Waals surface area (Å²) in [5, 5.41) is 29.6. The summed E-state index contributed by atoms with van der Waals surface area (Å²) < 4.78 is 1.63. The third-order valence-corrected chi connectivity index (χ3v) is 3.04. The van der Waals surface area contributed by atoms with E-state index in [2.05, 4.69) is 33.4 Å². The largest absolute Gasteiger partial charge is 0.508 e. The molecule has 2 rings (SSSR count). The molecule has 0 saturated carbocycles. The zero-order chi connectivity index (χ0) is 15.1. The highest BCUT2D eigenvalue weighted by atomic mass is 16.3. The molecule has 1 unspecified atom stereocenters. The van der Waals surface area contributed by atoms with Crippen LogP contribution in [0.3, 0.4) is 0 Å². The Morgan fingerprint density at radius 2 is 2.10 bits per heavy atom. The minimum Gasteiger partial charge on any atom is -0.508 e. The van der Waals surface area contributed by atoms with E-state index in [0.29, 0.717) is 25.2 Å². The van der Waals surface area contributed by atoms with E-state index in [1.165, 1.54) is 0 Å². The molecule has 0 spiro atoms. The molecule has 1 N–H and O–H groups in total. The lowest BCUT2D eigenvalue weighted by atomic mass is 9.96. The normalized spacial score (nSPS) is 11.2. The van der Waals surface area contributed by atoms with Crippen molar-refractivity contribution in [3.05, 3.63) is 35.7 Å². The summed E-state index contributed by atoms with van der Waals surface area (Å²) in [5.41, 5.74) is 0.997. The number of hydrogen-bond acceptors (Lipinski definition) is 5. The smallest absolute Gasteiger partial charge is 0.152 e. The van der Waals surface area contributed by atoms with Crippen LogP contribution in [0, 0.1) is 23.2 Å². The zero-order valence-corrected chi connectivity index (χ0v) is 11.7. The minimum absolute atomic E-state index is 0.0533. The summed E-state index contributed by atoms with van der Waals surface area (Å²) in [6.07, 6.45) is 0.922. The standard InChI is InChI=1S/C15H15N5O/c1-2-4-13(12-5-7-14(21)8-6-12)11-15-17-18-19-20(15)10-3-9-16/h5-8,13,21H,3,10-11H2,1H3. The molecule has 1 atom stereocenters. The molecular formula is C15H15N5O. The van der Waals surface area contributed by atoms with E-state index in [4.69, 9.17) is 5.26 Å². The highest BCUT2D eigenvalue weighted by molar-refractivity contribution is 5.33. The first-order valence-corrected chi connectivity index (χ1v) is 6.57. The monoisotopic (exact) mass is 281 g/mol. The Hall–Kier alpha value is -2.86. The maximum atomic E-state index is 9.36. The van der Waals surface area contributed by atoms with Crippen LogP contribution in [0.2, 0.25) is 0 Å². The molecule has 1 heterocycles. The quantitative estimate of drug-likeness (QED) is 0.842. The van der Waals surface area contributed by atoms with Gasteiger partial charge < -0.3 is 5.11 Å². The van der Waals surface area contributed by atoms with Crippen LogP contribution in [0.4, 0.5) is 0 Å². The molecule has 1 aromatic heterocycles. The van der Waals surface area contributed by atoms with Crippen molar-refractivity contribution >= 4 is 0 Å². The first-order chi connectivity index (χ1) is 10.2. The number of hydrogen-bond donors (Lipinski definition) is 1. The summed E-state index contributed by atoms with van der Waals surface area (Å²) >= 11 is 0. The zero-order valence-electron chi connectivity index (χ0n) is 11.7. The van der Waals surface area contributed by atoms with E-state index in [0.717, 1.165) is 5.56 Å². The maximum absolute atomic E-state index is 9.36. The van der Waals surface area contributed by atoms with Gasteiger partial charge in [-0.2, -0.15) is 5.26 Å². The molecule has 0 aliphatic heterocycles. The summed E-state index contributed by atoms with van der Waals surface area (Å²) in [4.78, 5) is 0. The predicted molar refractivity (Wildman–Crippen MR) is 76.0 cm³/mol. The first kappa shape index (κ1) is 14.5. The highest BCUT2D eigenvalue weighted by Gasteiger charge is 2.15. The number of aryl methyl sites for hydroxylation is 1. The van der Waals surface area contributed by atoms with Crippen molar-refractivity contribution in [1.29, 1.82) is 5.26 Å². The summed E-state index contributed by atoms with van der Waals surface area (Å²) in [7, 11) is 0. The number of aromatic hydroxyl groups is 1. The molecule has 0 radical (unpaired) electrons. The Kier molecular flexibility index (Phi) is 4.89. The minimum atomic E-state index is -0.0533.